The maximum atomic E-state index is 5.97. The smallest absolute Gasteiger partial charge is 0.170 e. The zero-order valence-electron chi connectivity index (χ0n) is 26.6. The van der Waals surface area contributed by atoms with E-state index in [9.17, 15) is 0 Å². The van der Waals surface area contributed by atoms with Crippen LogP contribution in [0, 0.1) is 0 Å². The van der Waals surface area contributed by atoms with Crippen molar-refractivity contribution in [2.75, 3.05) is 32.2 Å². The Bertz CT molecular complexity index is 1110. The Morgan fingerprint density at radius 3 is 1.43 bits per heavy atom. The lowest BCUT2D eigenvalue weighted by Crippen LogP contribution is -2.32. The Hall–Kier alpha value is -3.27. The van der Waals surface area contributed by atoms with E-state index in [4.69, 9.17) is 9.47 Å². The molecule has 0 saturated heterocycles. The van der Waals surface area contributed by atoms with Gasteiger partial charge in [0, 0.05) is 38.3 Å². The molecule has 228 valence electrons. The van der Waals surface area contributed by atoms with Crippen LogP contribution in [0.25, 0.3) is 12.2 Å². The molecular formula is C38H55N2O2+. The number of ether oxygens (including phenoxy) is 2. The number of rotatable bonds is 22. The lowest BCUT2D eigenvalue weighted by atomic mass is 10.1. The first-order chi connectivity index (χ1) is 20.6. The molecule has 0 atom stereocenters. The van der Waals surface area contributed by atoms with E-state index < -0.39 is 0 Å². The number of aromatic nitrogens is 1. The van der Waals surface area contributed by atoms with Crippen molar-refractivity contribution in [2.24, 2.45) is 0 Å². The predicted molar refractivity (Wildman–Crippen MR) is 179 cm³/mol. The number of pyridine rings is 1. The standard InChI is InChI=1S/C38H55N2O2/c1-4-5-6-7-12-15-32-41-37-23-19-34(20-24-37)17-18-35-21-25-38(26-22-35)42-33-16-13-10-8-9-11-14-29-40-30-27-36(28-31-40)39(2)3/h17-28,30-31H,4-16,29,32-33H2,1-3H3/q+1/b18-17+. The lowest BCUT2D eigenvalue weighted by molar-refractivity contribution is -0.697. The highest BCUT2D eigenvalue weighted by molar-refractivity contribution is 5.70. The fourth-order valence-corrected chi connectivity index (χ4v) is 4.98. The van der Waals surface area contributed by atoms with Gasteiger partial charge in [0.25, 0.3) is 0 Å². The fourth-order valence-electron chi connectivity index (χ4n) is 4.98. The molecule has 4 heteroatoms. The largest absolute Gasteiger partial charge is 0.494 e. The van der Waals surface area contributed by atoms with E-state index >= 15 is 0 Å². The molecule has 3 aromatic rings. The number of nitrogens with zero attached hydrogens (tertiary/aromatic N) is 2. The Morgan fingerprint density at radius 2 is 0.976 bits per heavy atom. The zero-order chi connectivity index (χ0) is 29.7. The second-order valence-electron chi connectivity index (χ2n) is 11.6. The lowest BCUT2D eigenvalue weighted by Gasteiger charge is -2.10. The van der Waals surface area contributed by atoms with Crippen LogP contribution in [0.2, 0.25) is 0 Å². The first-order valence-corrected chi connectivity index (χ1v) is 16.4. The van der Waals surface area contributed by atoms with Crippen molar-refractivity contribution in [2.45, 2.75) is 96.9 Å². The molecule has 0 aliphatic rings. The van der Waals surface area contributed by atoms with Crippen molar-refractivity contribution >= 4 is 17.8 Å². The van der Waals surface area contributed by atoms with E-state index in [1.165, 1.54) is 87.4 Å². The summed E-state index contributed by atoms with van der Waals surface area (Å²) in [6.45, 7) is 4.97. The molecule has 1 aromatic heterocycles. The van der Waals surface area contributed by atoms with Gasteiger partial charge in [-0.2, -0.15) is 0 Å². The molecule has 2 aromatic carbocycles. The molecular weight excluding hydrogens is 516 g/mol. The molecule has 0 amide bonds. The number of hydrogen-bond acceptors (Lipinski definition) is 3. The molecule has 4 nitrogen and oxygen atoms in total. The van der Waals surface area contributed by atoms with Crippen molar-refractivity contribution in [1.82, 2.24) is 0 Å². The van der Waals surface area contributed by atoms with Crippen LogP contribution >= 0.6 is 0 Å². The molecule has 0 spiro atoms. The van der Waals surface area contributed by atoms with Crippen LogP contribution in [0.4, 0.5) is 5.69 Å². The highest BCUT2D eigenvalue weighted by Crippen LogP contribution is 2.18. The van der Waals surface area contributed by atoms with Crippen molar-refractivity contribution in [3.8, 4) is 11.5 Å². The van der Waals surface area contributed by atoms with Crippen LogP contribution in [0.1, 0.15) is 102 Å². The minimum absolute atomic E-state index is 0.794. The van der Waals surface area contributed by atoms with Crippen LogP contribution in [0.15, 0.2) is 73.1 Å². The number of hydrogen-bond donors (Lipinski definition) is 0. The molecule has 0 unspecified atom stereocenters. The summed E-state index contributed by atoms with van der Waals surface area (Å²) in [5.41, 5.74) is 3.60. The average Bonchev–Trinajstić information content (AvgIpc) is 3.02. The van der Waals surface area contributed by atoms with Gasteiger partial charge in [-0.1, -0.05) is 101 Å². The van der Waals surface area contributed by atoms with Crippen molar-refractivity contribution < 1.29 is 14.0 Å². The third kappa shape index (κ3) is 14.1. The minimum Gasteiger partial charge on any atom is -0.494 e. The molecule has 0 fully saturated rings. The van der Waals surface area contributed by atoms with Crippen molar-refractivity contribution in [3.05, 3.63) is 84.2 Å². The second kappa shape index (κ2) is 20.6. The van der Waals surface area contributed by atoms with Gasteiger partial charge in [-0.15, -0.1) is 0 Å². The topological polar surface area (TPSA) is 25.6 Å². The van der Waals surface area contributed by atoms with Gasteiger partial charge in [0.05, 0.1) is 13.2 Å². The van der Waals surface area contributed by atoms with Gasteiger partial charge in [0.1, 0.15) is 18.0 Å². The van der Waals surface area contributed by atoms with Crippen molar-refractivity contribution in [3.63, 3.8) is 0 Å². The summed E-state index contributed by atoms with van der Waals surface area (Å²) in [6, 6.07) is 21.1. The van der Waals surface area contributed by atoms with E-state index in [1.807, 2.05) is 0 Å². The van der Waals surface area contributed by atoms with E-state index in [0.29, 0.717) is 0 Å². The summed E-state index contributed by atoms with van der Waals surface area (Å²) < 4.78 is 14.2. The number of aryl methyl sites for hydroxylation is 1. The molecule has 0 bridgehead atoms. The Balaban J connectivity index is 1.19. The Labute approximate surface area is 256 Å². The molecule has 1 heterocycles. The van der Waals surface area contributed by atoms with Gasteiger partial charge in [0.2, 0.25) is 0 Å². The van der Waals surface area contributed by atoms with Gasteiger partial charge >= 0.3 is 0 Å². The Kier molecular flexibility index (Phi) is 16.3. The monoisotopic (exact) mass is 571 g/mol. The van der Waals surface area contributed by atoms with Crippen LogP contribution in [0.3, 0.4) is 0 Å². The average molecular weight is 572 g/mol. The van der Waals surface area contributed by atoms with Crippen molar-refractivity contribution in [1.29, 1.82) is 0 Å². The highest BCUT2D eigenvalue weighted by Gasteiger charge is 2.02. The summed E-state index contributed by atoms with van der Waals surface area (Å²) in [7, 11) is 4.16. The zero-order valence-corrected chi connectivity index (χ0v) is 26.6. The maximum Gasteiger partial charge on any atom is 0.170 e. The SMILES string of the molecule is CCCCCCCCOc1ccc(/C=C/c2ccc(OCCCCCCCCC[n+]3ccc(N(C)C)cc3)cc2)cc1. The third-order valence-electron chi connectivity index (χ3n) is 7.71. The number of unbranched alkanes of at least 4 members (excludes halogenated alkanes) is 11. The maximum absolute atomic E-state index is 5.97. The highest BCUT2D eigenvalue weighted by atomic mass is 16.5. The molecule has 3 rings (SSSR count). The van der Waals surface area contributed by atoms with Crippen LogP contribution in [-0.2, 0) is 6.54 Å². The van der Waals surface area contributed by atoms with Gasteiger partial charge in [-0.3, -0.25) is 0 Å². The van der Waals surface area contributed by atoms with Crippen LogP contribution in [0.5, 0.6) is 11.5 Å². The molecule has 0 N–H and O–H groups in total. The quantitative estimate of drug-likeness (QED) is 0.0682. The van der Waals surface area contributed by atoms with E-state index in [1.54, 1.807) is 0 Å². The number of anilines is 1. The first kappa shape index (κ1) is 33.2. The summed E-state index contributed by atoms with van der Waals surface area (Å²) in [4.78, 5) is 2.14. The van der Waals surface area contributed by atoms with Gasteiger partial charge in [0.15, 0.2) is 12.4 Å². The van der Waals surface area contributed by atoms with E-state index in [-0.39, 0.29) is 0 Å². The van der Waals surface area contributed by atoms with Crippen LogP contribution < -0.4 is 18.9 Å². The molecule has 0 radical (unpaired) electrons. The minimum atomic E-state index is 0.794. The van der Waals surface area contributed by atoms with E-state index in [2.05, 4.69) is 116 Å². The summed E-state index contributed by atoms with van der Waals surface area (Å²) in [5, 5.41) is 0. The fraction of sp³-hybridized carbons (Fsp3) is 0.500. The van der Waals surface area contributed by atoms with E-state index in [0.717, 1.165) is 44.1 Å². The molecule has 0 aliphatic carbocycles. The normalized spacial score (nSPS) is 11.2. The van der Waals surface area contributed by atoms with Gasteiger partial charge in [-0.25, -0.2) is 4.57 Å². The molecule has 0 aliphatic heterocycles. The summed E-state index contributed by atoms with van der Waals surface area (Å²) >= 11 is 0. The summed E-state index contributed by atoms with van der Waals surface area (Å²) in [5.74, 6) is 1.91. The van der Waals surface area contributed by atoms with Gasteiger partial charge < -0.3 is 14.4 Å². The van der Waals surface area contributed by atoms with Gasteiger partial charge in [-0.05, 0) is 54.7 Å². The number of benzene rings is 2. The van der Waals surface area contributed by atoms with Crippen LogP contribution in [-0.4, -0.2) is 27.3 Å². The molecule has 42 heavy (non-hydrogen) atoms. The third-order valence-corrected chi connectivity index (χ3v) is 7.71. The predicted octanol–water partition coefficient (Wildman–Crippen LogP) is 9.76. The molecule has 0 saturated carbocycles. The summed E-state index contributed by atoms with van der Waals surface area (Å²) in [6.07, 6.45) is 25.2. The second-order valence-corrected chi connectivity index (χ2v) is 11.6. The first-order valence-electron chi connectivity index (χ1n) is 16.4. The Morgan fingerprint density at radius 1 is 0.548 bits per heavy atom.